The smallest absolute Gasteiger partial charge is 0.208 e. The molecule has 0 spiro atoms. The molecule has 0 atom stereocenters. The molecule has 2 heteroatoms. The lowest BCUT2D eigenvalue weighted by molar-refractivity contribution is -0.400. The molecule has 4 rings (SSSR count). The molecule has 30 heavy (non-hydrogen) atoms. The number of benzene rings is 2. The van der Waals surface area contributed by atoms with Crippen molar-refractivity contribution < 1.29 is 4.58 Å². The molecule has 154 valence electrons. The zero-order chi connectivity index (χ0) is 21.4. The van der Waals surface area contributed by atoms with E-state index in [0.717, 1.165) is 19.3 Å². The van der Waals surface area contributed by atoms with E-state index in [4.69, 9.17) is 0 Å². The summed E-state index contributed by atoms with van der Waals surface area (Å²) in [5, 5.41) is 3.60. The van der Waals surface area contributed by atoms with Crippen molar-refractivity contribution >= 4 is 17.1 Å². The molecule has 0 saturated carbocycles. The summed E-state index contributed by atoms with van der Waals surface area (Å²) in [6.07, 6.45) is 7.77. The fourth-order valence-corrected chi connectivity index (χ4v) is 4.60. The Kier molecular flexibility index (Phi) is 5.51. The van der Waals surface area contributed by atoms with Crippen LogP contribution < -0.4 is 5.32 Å². The number of rotatable bonds is 4. The van der Waals surface area contributed by atoms with Crippen molar-refractivity contribution in [3.8, 4) is 0 Å². The quantitative estimate of drug-likeness (QED) is 0.443. The van der Waals surface area contributed by atoms with Crippen LogP contribution in [-0.4, -0.2) is 17.3 Å². The maximum atomic E-state index is 3.60. The van der Waals surface area contributed by atoms with E-state index in [0.29, 0.717) is 0 Å². The first kappa shape index (κ1) is 20.4. The zero-order valence-electron chi connectivity index (χ0n) is 19.2. The van der Waals surface area contributed by atoms with Crippen molar-refractivity contribution in [1.29, 1.82) is 0 Å². The lowest BCUT2D eigenvalue weighted by Gasteiger charge is -2.09. The van der Waals surface area contributed by atoms with Gasteiger partial charge in [-0.1, -0.05) is 36.2 Å². The predicted octanol–water partition coefficient (Wildman–Crippen LogP) is 6.80. The van der Waals surface area contributed by atoms with Crippen LogP contribution in [0, 0.1) is 13.8 Å². The molecule has 0 unspecified atom stereocenters. The number of aryl methyl sites for hydroxylation is 2. The highest BCUT2D eigenvalue weighted by atomic mass is 15.0. The van der Waals surface area contributed by atoms with Gasteiger partial charge in [0.1, 0.15) is 7.05 Å². The van der Waals surface area contributed by atoms with Gasteiger partial charge in [-0.25, -0.2) is 0 Å². The molecule has 2 nitrogen and oxygen atoms in total. The average molecular weight is 398 g/mol. The summed E-state index contributed by atoms with van der Waals surface area (Å²) in [5.41, 5.74) is 14.9. The van der Waals surface area contributed by atoms with E-state index in [2.05, 4.69) is 100 Å². The van der Waals surface area contributed by atoms with Crippen LogP contribution in [0.1, 0.15) is 49.4 Å². The van der Waals surface area contributed by atoms with Gasteiger partial charge in [0.25, 0.3) is 0 Å². The van der Waals surface area contributed by atoms with Gasteiger partial charge in [0.15, 0.2) is 5.71 Å². The van der Waals surface area contributed by atoms with Crippen LogP contribution in [0.5, 0.6) is 0 Å². The standard InChI is InChI=1S/C28H32N2/c1-7-22(16-26-17-24-13-19(3)9-11-28(24)30(26)6)21(5)20(4)14-25-15-23-12-18(2)8-10-27(23)29-25/h8-14,16H,7,15,17H2,1-6H3/p+1. The molecule has 0 aromatic heterocycles. The normalized spacial score (nSPS) is 17.8. The summed E-state index contributed by atoms with van der Waals surface area (Å²) < 4.78 is 2.35. The molecular weight excluding hydrogens is 364 g/mol. The molecule has 0 aliphatic carbocycles. The molecule has 1 N–H and O–H groups in total. The second-order valence-corrected chi connectivity index (χ2v) is 8.82. The molecule has 0 amide bonds. The number of allylic oxidation sites excluding steroid dienone is 6. The third-order valence-electron chi connectivity index (χ3n) is 6.52. The Hall–Kier alpha value is -2.87. The van der Waals surface area contributed by atoms with Gasteiger partial charge in [0.2, 0.25) is 5.69 Å². The van der Waals surface area contributed by atoms with Gasteiger partial charge in [-0.3, -0.25) is 0 Å². The topological polar surface area (TPSA) is 15.0 Å². The van der Waals surface area contributed by atoms with Crippen molar-refractivity contribution in [2.24, 2.45) is 0 Å². The fourth-order valence-electron chi connectivity index (χ4n) is 4.60. The SMILES string of the molecule is CCC(=C\C1=[N+](C)c2ccc(C)cc2C1)/C(C)=C(C)/C=C1/Cc2cc(C)ccc2N1. The maximum Gasteiger partial charge on any atom is 0.208 e. The fraction of sp³-hybridized carbons (Fsp3) is 0.321. The van der Waals surface area contributed by atoms with Crippen molar-refractivity contribution in [1.82, 2.24) is 0 Å². The highest BCUT2D eigenvalue weighted by molar-refractivity contribution is 5.97. The molecule has 2 aliphatic rings. The van der Waals surface area contributed by atoms with Gasteiger partial charge in [-0.2, -0.15) is 4.58 Å². The summed E-state index contributed by atoms with van der Waals surface area (Å²) in [6.45, 7) is 11.1. The van der Waals surface area contributed by atoms with Gasteiger partial charge in [-0.05, 0) is 74.6 Å². The summed E-state index contributed by atoms with van der Waals surface area (Å²) in [5.74, 6) is 0. The summed E-state index contributed by atoms with van der Waals surface area (Å²) in [6, 6.07) is 13.4. The minimum Gasteiger partial charge on any atom is -0.358 e. The van der Waals surface area contributed by atoms with E-state index < -0.39 is 0 Å². The minimum atomic E-state index is 0.988. The van der Waals surface area contributed by atoms with Crippen molar-refractivity contribution in [2.45, 2.75) is 53.9 Å². The van der Waals surface area contributed by atoms with E-state index in [1.807, 2.05) is 0 Å². The summed E-state index contributed by atoms with van der Waals surface area (Å²) in [7, 11) is 2.19. The Morgan fingerprint density at radius 3 is 2.43 bits per heavy atom. The van der Waals surface area contributed by atoms with Crippen LogP contribution in [0.3, 0.4) is 0 Å². The van der Waals surface area contributed by atoms with Gasteiger partial charge < -0.3 is 5.32 Å². The van der Waals surface area contributed by atoms with E-state index >= 15 is 0 Å². The first-order chi connectivity index (χ1) is 14.4. The van der Waals surface area contributed by atoms with Crippen molar-refractivity contribution in [3.63, 3.8) is 0 Å². The molecule has 0 radical (unpaired) electrons. The number of anilines is 1. The third kappa shape index (κ3) is 3.92. The van der Waals surface area contributed by atoms with Crippen LogP contribution in [0.15, 0.2) is 71.0 Å². The predicted molar refractivity (Wildman–Crippen MR) is 129 cm³/mol. The molecule has 2 aliphatic heterocycles. The summed E-state index contributed by atoms with van der Waals surface area (Å²) in [4.78, 5) is 0. The third-order valence-corrected chi connectivity index (χ3v) is 6.52. The van der Waals surface area contributed by atoms with Gasteiger partial charge in [0, 0.05) is 35.5 Å². The van der Waals surface area contributed by atoms with Crippen LogP contribution >= 0.6 is 0 Å². The highest BCUT2D eigenvalue weighted by Crippen LogP contribution is 2.31. The van der Waals surface area contributed by atoms with Crippen molar-refractivity contribution in [2.75, 3.05) is 12.4 Å². The number of nitrogens with zero attached hydrogens (tertiary/aromatic N) is 1. The molecule has 0 bridgehead atoms. The van der Waals surface area contributed by atoms with E-state index in [9.17, 15) is 0 Å². The van der Waals surface area contributed by atoms with Crippen molar-refractivity contribution in [3.05, 3.63) is 93.2 Å². The largest absolute Gasteiger partial charge is 0.358 e. The Morgan fingerprint density at radius 2 is 1.70 bits per heavy atom. The first-order valence-electron chi connectivity index (χ1n) is 11.0. The molecule has 2 aromatic rings. The average Bonchev–Trinajstić information content (AvgIpc) is 3.24. The molecule has 0 saturated heterocycles. The molecule has 2 aromatic carbocycles. The minimum absolute atomic E-state index is 0.988. The highest BCUT2D eigenvalue weighted by Gasteiger charge is 2.25. The monoisotopic (exact) mass is 397 g/mol. The zero-order valence-corrected chi connectivity index (χ0v) is 19.2. The summed E-state index contributed by atoms with van der Waals surface area (Å²) >= 11 is 0. The van der Waals surface area contributed by atoms with Crippen LogP contribution in [0.25, 0.3) is 0 Å². The molecular formula is C28H33N2+. The van der Waals surface area contributed by atoms with Crippen LogP contribution in [0.2, 0.25) is 0 Å². The molecule has 0 fully saturated rings. The maximum absolute atomic E-state index is 3.60. The van der Waals surface area contributed by atoms with Crippen LogP contribution in [-0.2, 0) is 12.8 Å². The lowest BCUT2D eigenvalue weighted by atomic mass is 9.96. The first-order valence-corrected chi connectivity index (χ1v) is 11.0. The molecule has 2 heterocycles. The van der Waals surface area contributed by atoms with E-state index in [-0.39, 0.29) is 0 Å². The Balaban J connectivity index is 1.60. The number of fused-ring (bicyclic) bond motifs is 2. The second-order valence-electron chi connectivity index (χ2n) is 8.82. The van der Waals surface area contributed by atoms with E-state index in [1.165, 1.54) is 61.8 Å². The number of hydrogen-bond acceptors (Lipinski definition) is 1. The Bertz CT molecular complexity index is 1140. The number of hydrogen-bond donors (Lipinski definition) is 1. The second kappa shape index (κ2) is 8.10. The number of nitrogens with one attached hydrogen (secondary N) is 1. The Labute approximate surface area is 181 Å². The van der Waals surface area contributed by atoms with E-state index in [1.54, 1.807) is 0 Å². The Morgan fingerprint density at radius 1 is 1.00 bits per heavy atom. The van der Waals surface area contributed by atoms with Crippen LogP contribution in [0.4, 0.5) is 11.4 Å². The lowest BCUT2D eigenvalue weighted by Crippen LogP contribution is -2.07. The van der Waals surface area contributed by atoms with Gasteiger partial charge in [0.05, 0.1) is 6.42 Å². The van der Waals surface area contributed by atoms with Gasteiger partial charge in [-0.15, -0.1) is 0 Å². The van der Waals surface area contributed by atoms with Gasteiger partial charge >= 0.3 is 0 Å².